The van der Waals surface area contributed by atoms with E-state index in [1.807, 2.05) is 42.5 Å². The van der Waals surface area contributed by atoms with Crippen molar-refractivity contribution >= 4 is 50.9 Å². The molecular formula is C19H15BrN2O3S. The van der Waals surface area contributed by atoms with Gasteiger partial charge in [0.25, 0.3) is 5.91 Å². The van der Waals surface area contributed by atoms with Gasteiger partial charge in [-0.3, -0.25) is 9.59 Å². The van der Waals surface area contributed by atoms with E-state index in [-0.39, 0.29) is 23.3 Å². The van der Waals surface area contributed by atoms with Crippen LogP contribution in [0.15, 0.2) is 80.7 Å². The number of amides is 2. The quantitative estimate of drug-likeness (QED) is 0.538. The van der Waals surface area contributed by atoms with Gasteiger partial charge in [-0.1, -0.05) is 22.0 Å². The molecule has 0 radical (unpaired) electrons. The minimum Gasteiger partial charge on any atom is -0.459 e. The highest BCUT2D eigenvalue weighted by molar-refractivity contribution is 9.10. The average molecular weight is 431 g/mol. The Balaban J connectivity index is 1.54. The first-order valence-corrected chi connectivity index (χ1v) is 9.51. The molecule has 132 valence electrons. The number of hydrogen-bond acceptors (Lipinski definition) is 4. The second-order valence-electron chi connectivity index (χ2n) is 5.30. The lowest BCUT2D eigenvalue weighted by Crippen LogP contribution is -2.14. The number of furan rings is 1. The van der Waals surface area contributed by atoms with Crippen molar-refractivity contribution in [2.45, 2.75) is 4.90 Å². The molecule has 0 bridgehead atoms. The second kappa shape index (κ2) is 8.73. The maximum absolute atomic E-state index is 12.1. The van der Waals surface area contributed by atoms with Gasteiger partial charge in [-0.05, 0) is 54.6 Å². The Morgan fingerprint density at radius 2 is 1.77 bits per heavy atom. The van der Waals surface area contributed by atoms with Crippen LogP contribution < -0.4 is 10.6 Å². The van der Waals surface area contributed by atoms with Gasteiger partial charge in [0.05, 0.1) is 12.0 Å². The molecule has 0 saturated carbocycles. The van der Waals surface area contributed by atoms with Crippen LogP contribution in [0.4, 0.5) is 11.4 Å². The Bertz CT molecular complexity index is 895. The van der Waals surface area contributed by atoms with Gasteiger partial charge in [-0.2, -0.15) is 0 Å². The van der Waals surface area contributed by atoms with Crippen LogP contribution in [0.3, 0.4) is 0 Å². The second-order valence-corrected chi connectivity index (χ2v) is 7.27. The SMILES string of the molecule is O=C(CSc1cccc(NC(=O)c2ccco2)c1)Nc1ccc(Br)cc1. The largest absolute Gasteiger partial charge is 0.459 e. The Morgan fingerprint density at radius 1 is 0.962 bits per heavy atom. The molecule has 0 spiro atoms. The monoisotopic (exact) mass is 430 g/mol. The number of carbonyl (C=O) groups is 2. The number of rotatable bonds is 6. The van der Waals surface area contributed by atoms with Crippen molar-refractivity contribution in [3.8, 4) is 0 Å². The van der Waals surface area contributed by atoms with Crippen LogP contribution in [0.1, 0.15) is 10.6 Å². The highest BCUT2D eigenvalue weighted by Crippen LogP contribution is 2.22. The number of halogens is 1. The van der Waals surface area contributed by atoms with Gasteiger partial charge in [0.2, 0.25) is 5.91 Å². The first-order valence-electron chi connectivity index (χ1n) is 7.73. The standard InChI is InChI=1S/C19H15BrN2O3S/c20-13-6-8-14(9-7-13)21-18(23)12-26-16-4-1-3-15(11-16)22-19(24)17-5-2-10-25-17/h1-11H,12H2,(H,21,23)(H,22,24). The smallest absolute Gasteiger partial charge is 0.291 e. The van der Waals surface area contributed by atoms with Crippen LogP contribution in [0, 0.1) is 0 Å². The molecule has 2 N–H and O–H groups in total. The summed E-state index contributed by atoms with van der Waals surface area (Å²) in [4.78, 5) is 24.9. The Morgan fingerprint density at radius 3 is 2.50 bits per heavy atom. The molecule has 0 aliphatic rings. The number of benzene rings is 2. The highest BCUT2D eigenvalue weighted by Gasteiger charge is 2.09. The molecule has 0 aliphatic heterocycles. The van der Waals surface area contributed by atoms with Crippen LogP contribution in [0.5, 0.6) is 0 Å². The van der Waals surface area contributed by atoms with Crippen molar-refractivity contribution in [3.63, 3.8) is 0 Å². The number of thioether (sulfide) groups is 1. The molecule has 0 saturated heterocycles. The molecule has 3 aromatic rings. The molecule has 2 amide bonds. The third kappa shape index (κ3) is 5.24. The van der Waals surface area contributed by atoms with Crippen molar-refractivity contribution in [1.29, 1.82) is 0 Å². The maximum atomic E-state index is 12.1. The lowest BCUT2D eigenvalue weighted by molar-refractivity contribution is -0.113. The summed E-state index contributed by atoms with van der Waals surface area (Å²) in [6.07, 6.45) is 1.45. The maximum Gasteiger partial charge on any atom is 0.291 e. The molecule has 0 aliphatic carbocycles. The van der Waals surface area contributed by atoms with Crippen molar-refractivity contribution in [2.75, 3.05) is 16.4 Å². The van der Waals surface area contributed by atoms with Crippen LogP contribution >= 0.6 is 27.7 Å². The Kier molecular flexibility index (Phi) is 6.14. The zero-order valence-electron chi connectivity index (χ0n) is 13.6. The molecule has 5 nitrogen and oxygen atoms in total. The van der Waals surface area contributed by atoms with Crippen LogP contribution in [0.25, 0.3) is 0 Å². The van der Waals surface area contributed by atoms with E-state index in [9.17, 15) is 9.59 Å². The van der Waals surface area contributed by atoms with E-state index in [0.29, 0.717) is 5.69 Å². The van der Waals surface area contributed by atoms with Gasteiger partial charge in [-0.15, -0.1) is 11.8 Å². The molecule has 1 aromatic heterocycles. The minimum atomic E-state index is -0.315. The molecule has 0 atom stereocenters. The molecular weight excluding hydrogens is 416 g/mol. The van der Waals surface area contributed by atoms with E-state index in [0.717, 1.165) is 15.1 Å². The summed E-state index contributed by atoms with van der Waals surface area (Å²) < 4.78 is 6.02. The van der Waals surface area contributed by atoms with Crippen molar-refractivity contribution < 1.29 is 14.0 Å². The number of hydrogen-bond donors (Lipinski definition) is 2. The Labute approximate surface area is 163 Å². The predicted molar refractivity (Wildman–Crippen MR) is 107 cm³/mol. The van der Waals surface area contributed by atoms with Gasteiger partial charge in [-0.25, -0.2) is 0 Å². The zero-order chi connectivity index (χ0) is 18.4. The first-order chi connectivity index (χ1) is 12.6. The van der Waals surface area contributed by atoms with E-state index in [1.165, 1.54) is 18.0 Å². The van der Waals surface area contributed by atoms with E-state index >= 15 is 0 Å². The lowest BCUT2D eigenvalue weighted by atomic mass is 10.3. The van der Waals surface area contributed by atoms with Crippen LogP contribution in [-0.4, -0.2) is 17.6 Å². The Hall–Kier alpha value is -2.51. The van der Waals surface area contributed by atoms with Crippen LogP contribution in [0.2, 0.25) is 0 Å². The topological polar surface area (TPSA) is 71.3 Å². The van der Waals surface area contributed by atoms with Crippen molar-refractivity contribution in [2.24, 2.45) is 0 Å². The third-order valence-corrected chi connectivity index (χ3v) is 4.86. The number of nitrogens with one attached hydrogen (secondary N) is 2. The van der Waals surface area contributed by atoms with Gasteiger partial charge < -0.3 is 15.1 Å². The summed E-state index contributed by atoms with van der Waals surface area (Å²) in [6, 6.07) is 18.0. The third-order valence-electron chi connectivity index (χ3n) is 3.33. The summed E-state index contributed by atoms with van der Waals surface area (Å²) in [7, 11) is 0. The lowest BCUT2D eigenvalue weighted by Gasteiger charge is -2.07. The number of anilines is 2. The molecule has 26 heavy (non-hydrogen) atoms. The van der Waals surface area contributed by atoms with E-state index in [1.54, 1.807) is 18.2 Å². The fourth-order valence-electron chi connectivity index (χ4n) is 2.14. The summed E-state index contributed by atoms with van der Waals surface area (Å²) in [5, 5.41) is 5.61. The van der Waals surface area contributed by atoms with Crippen molar-refractivity contribution in [1.82, 2.24) is 0 Å². The van der Waals surface area contributed by atoms with E-state index < -0.39 is 0 Å². The average Bonchev–Trinajstić information content (AvgIpc) is 3.17. The molecule has 7 heteroatoms. The predicted octanol–water partition coefficient (Wildman–Crippen LogP) is 5.03. The minimum absolute atomic E-state index is 0.0950. The molecule has 1 heterocycles. The molecule has 0 unspecified atom stereocenters. The highest BCUT2D eigenvalue weighted by atomic mass is 79.9. The summed E-state index contributed by atoms with van der Waals surface area (Å²) in [5.74, 6) is 0.107. The summed E-state index contributed by atoms with van der Waals surface area (Å²) in [6.45, 7) is 0. The molecule has 2 aromatic carbocycles. The summed E-state index contributed by atoms with van der Waals surface area (Å²) >= 11 is 4.75. The fourth-order valence-corrected chi connectivity index (χ4v) is 3.16. The molecule has 3 rings (SSSR count). The first kappa shape index (κ1) is 18.3. The molecule has 0 fully saturated rings. The number of carbonyl (C=O) groups excluding carboxylic acids is 2. The van der Waals surface area contributed by atoms with Gasteiger partial charge in [0.1, 0.15) is 0 Å². The van der Waals surface area contributed by atoms with Gasteiger partial charge in [0, 0.05) is 20.7 Å². The van der Waals surface area contributed by atoms with E-state index in [4.69, 9.17) is 4.42 Å². The van der Waals surface area contributed by atoms with Crippen molar-refractivity contribution in [3.05, 3.63) is 77.2 Å². The van der Waals surface area contributed by atoms with Gasteiger partial charge in [0.15, 0.2) is 5.76 Å². The normalized spacial score (nSPS) is 10.3. The fraction of sp³-hybridized carbons (Fsp3) is 0.0526. The van der Waals surface area contributed by atoms with Gasteiger partial charge >= 0.3 is 0 Å². The van der Waals surface area contributed by atoms with Crippen LogP contribution in [-0.2, 0) is 4.79 Å². The van der Waals surface area contributed by atoms with E-state index in [2.05, 4.69) is 26.6 Å². The zero-order valence-corrected chi connectivity index (χ0v) is 16.0. The summed E-state index contributed by atoms with van der Waals surface area (Å²) in [5.41, 5.74) is 1.39.